The highest BCUT2D eigenvalue weighted by Crippen LogP contribution is 2.32. The highest BCUT2D eigenvalue weighted by Gasteiger charge is 2.23. The summed E-state index contributed by atoms with van der Waals surface area (Å²) in [6.07, 6.45) is 7.57. The Morgan fingerprint density at radius 3 is 2.76 bits per heavy atom. The first kappa shape index (κ1) is 16.5. The lowest BCUT2D eigenvalue weighted by Crippen LogP contribution is -2.26. The van der Waals surface area contributed by atoms with Gasteiger partial charge in [0.05, 0.1) is 10.9 Å². The molecular formula is C20H23N3OS. The van der Waals surface area contributed by atoms with Crippen molar-refractivity contribution >= 4 is 21.6 Å². The molecule has 0 unspecified atom stereocenters. The van der Waals surface area contributed by atoms with E-state index >= 15 is 0 Å². The number of thiazole rings is 1. The summed E-state index contributed by atoms with van der Waals surface area (Å²) in [5.41, 5.74) is 2.23. The van der Waals surface area contributed by atoms with Crippen molar-refractivity contribution < 1.29 is 4.74 Å². The predicted molar refractivity (Wildman–Crippen MR) is 102 cm³/mol. The maximum absolute atomic E-state index is 5.91. The van der Waals surface area contributed by atoms with Gasteiger partial charge in [0.2, 0.25) is 0 Å². The van der Waals surface area contributed by atoms with Crippen LogP contribution in [0.1, 0.15) is 31.7 Å². The number of hydrogen-bond donors (Lipinski definition) is 0. The molecule has 1 fully saturated rings. The molecule has 0 aliphatic heterocycles. The number of aromatic nitrogens is 2. The lowest BCUT2D eigenvalue weighted by Gasteiger charge is -2.21. The maximum atomic E-state index is 5.91. The standard InChI is InChI=1S/C20H23N3OS/c1-2-11-23(13-15-3-4-15)14-16-5-7-17(8-6-16)24-20-22-18-12-21-10-9-19(18)25-20/h5-10,12,15H,2-4,11,13-14H2,1H3. The highest BCUT2D eigenvalue weighted by atomic mass is 32.1. The van der Waals surface area contributed by atoms with Gasteiger partial charge in [-0.3, -0.25) is 9.88 Å². The first-order valence-corrected chi connectivity index (χ1v) is 9.81. The van der Waals surface area contributed by atoms with E-state index in [1.165, 1.54) is 37.9 Å². The van der Waals surface area contributed by atoms with Gasteiger partial charge in [0.15, 0.2) is 0 Å². The lowest BCUT2D eigenvalue weighted by molar-refractivity contribution is 0.255. The van der Waals surface area contributed by atoms with Gasteiger partial charge in [-0.1, -0.05) is 30.4 Å². The van der Waals surface area contributed by atoms with Crippen LogP contribution >= 0.6 is 11.3 Å². The maximum Gasteiger partial charge on any atom is 0.279 e. The van der Waals surface area contributed by atoms with Gasteiger partial charge in [0.1, 0.15) is 11.3 Å². The molecule has 130 valence electrons. The zero-order valence-corrected chi connectivity index (χ0v) is 15.3. The van der Waals surface area contributed by atoms with Crippen molar-refractivity contribution in [3.8, 4) is 10.9 Å². The number of benzene rings is 1. The third kappa shape index (κ3) is 4.35. The van der Waals surface area contributed by atoms with Crippen LogP contribution in [0.5, 0.6) is 10.9 Å². The Balaban J connectivity index is 1.40. The summed E-state index contributed by atoms with van der Waals surface area (Å²) < 4.78 is 7.01. The van der Waals surface area contributed by atoms with Crippen molar-refractivity contribution in [2.45, 2.75) is 32.7 Å². The van der Waals surface area contributed by atoms with E-state index in [1.54, 1.807) is 23.7 Å². The van der Waals surface area contributed by atoms with Crippen LogP contribution in [0.15, 0.2) is 42.7 Å². The van der Waals surface area contributed by atoms with Crippen LogP contribution in [0.4, 0.5) is 0 Å². The molecule has 0 radical (unpaired) electrons. The Hall–Kier alpha value is -1.98. The van der Waals surface area contributed by atoms with E-state index in [4.69, 9.17) is 4.74 Å². The van der Waals surface area contributed by atoms with E-state index in [-0.39, 0.29) is 0 Å². The van der Waals surface area contributed by atoms with Gasteiger partial charge in [-0.05, 0) is 55.5 Å². The van der Waals surface area contributed by atoms with Crippen LogP contribution in [-0.4, -0.2) is 28.0 Å². The number of fused-ring (bicyclic) bond motifs is 1. The van der Waals surface area contributed by atoms with Crippen LogP contribution in [-0.2, 0) is 6.54 Å². The summed E-state index contributed by atoms with van der Waals surface area (Å²) >= 11 is 1.55. The molecule has 4 nitrogen and oxygen atoms in total. The van der Waals surface area contributed by atoms with Crippen LogP contribution < -0.4 is 4.74 Å². The van der Waals surface area contributed by atoms with Gasteiger partial charge in [0, 0.05) is 19.3 Å². The smallest absolute Gasteiger partial charge is 0.279 e. The monoisotopic (exact) mass is 353 g/mol. The summed E-state index contributed by atoms with van der Waals surface area (Å²) in [7, 11) is 0. The fourth-order valence-electron chi connectivity index (χ4n) is 3.04. The Morgan fingerprint density at radius 1 is 1.20 bits per heavy atom. The molecule has 2 aromatic heterocycles. The Morgan fingerprint density at radius 2 is 2.04 bits per heavy atom. The first-order valence-electron chi connectivity index (χ1n) is 9.00. The normalized spacial score (nSPS) is 14.3. The van der Waals surface area contributed by atoms with Gasteiger partial charge in [-0.25, -0.2) is 4.98 Å². The van der Waals surface area contributed by atoms with Crippen molar-refractivity contribution in [1.29, 1.82) is 0 Å². The average molecular weight is 353 g/mol. The molecule has 1 aliphatic carbocycles. The number of ether oxygens (including phenoxy) is 1. The first-order chi connectivity index (χ1) is 12.3. The molecule has 1 aromatic carbocycles. The van der Waals surface area contributed by atoms with Gasteiger partial charge in [-0.15, -0.1) is 0 Å². The minimum Gasteiger partial charge on any atom is -0.431 e. The topological polar surface area (TPSA) is 38.2 Å². The zero-order chi connectivity index (χ0) is 17.1. The average Bonchev–Trinajstić information content (AvgIpc) is 3.33. The molecule has 0 saturated heterocycles. The fourth-order valence-corrected chi connectivity index (χ4v) is 3.84. The van der Waals surface area contributed by atoms with Crippen LogP contribution in [0, 0.1) is 5.92 Å². The molecule has 3 aromatic rings. The zero-order valence-electron chi connectivity index (χ0n) is 14.5. The number of hydrogen-bond acceptors (Lipinski definition) is 5. The van der Waals surface area contributed by atoms with Gasteiger partial charge >= 0.3 is 0 Å². The molecule has 0 amide bonds. The van der Waals surface area contributed by atoms with Gasteiger partial charge in [-0.2, -0.15) is 0 Å². The molecule has 25 heavy (non-hydrogen) atoms. The van der Waals surface area contributed by atoms with Crippen molar-refractivity contribution in [3.05, 3.63) is 48.3 Å². The van der Waals surface area contributed by atoms with Crippen molar-refractivity contribution in [2.24, 2.45) is 5.92 Å². The molecule has 0 atom stereocenters. The van der Waals surface area contributed by atoms with Crippen LogP contribution in [0.3, 0.4) is 0 Å². The summed E-state index contributed by atoms with van der Waals surface area (Å²) in [4.78, 5) is 11.1. The van der Waals surface area contributed by atoms with Gasteiger partial charge < -0.3 is 4.74 Å². The van der Waals surface area contributed by atoms with Gasteiger partial charge in [0.25, 0.3) is 5.19 Å². The Kier molecular flexibility index (Phi) is 4.95. The molecule has 0 bridgehead atoms. The lowest BCUT2D eigenvalue weighted by atomic mass is 10.2. The van der Waals surface area contributed by atoms with Crippen LogP contribution in [0.25, 0.3) is 10.2 Å². The summed E-state index contributed by atoms with van der Waals surface area (Å²) in [5, 5.41) is 0.664. The molecular weight excluding hydrogens is 330 g/mol. The third-order valence-corrected chi connectivity index (χ3v) is 5.37. The van der Waals surface area contributed by atoms with E-state index in [1.807, 2.05) is 18.2 Å². The summed E-state index contributed by atoms with van der Waals surface area (Å²) in [6, 6.07) is 10.4. The minimum absolute atomic E-state index is 0.664. The quantitative estimate of drug-likeness (QED) is 0.564. The SMILES string of the molecule is CCCN(Cc1ccc(Oc2nc3cnccc3s2)cc1)CC1CC1. The van der Waals surface area contributed by atoms with Crippen molar-refractivity contribution in [3.63, 3.8) is 0 Å². The van der Waals surface area contributed by atoms with E-state index in [9.17, 15) is 0 Å². The van der Waals surface area contributed by atoms with E-state index < -0.39 is 0 Å². The minimum atomic E-state index is 0.664. The number of pyridine rings is 1. The third-order valence-electron chi connectivity index (χ3n) is 4.46. The second-order valence-electron chi connectivity index (χ2n) is 6.75. The second kappa shape index (κ2) is 7.50. The molecule has 1 saturated carbocycles. The second-order valence-corrected chi connectivity index (χ2v) is 7.74. The predicted octanol–water partition coefficient (Wildman–Crippen LogP) is 5.11. The molecule has 4 rings (SSSR count). The number of rotatable bonds is 8. The molecule has 0 N–H and O–H groups in total. The Bertz CT molecular complexity index is 793. The molecule has 5 heteroatoms. The fraction of sp³-hybridized carbons (Fsp3) is 0.400. The molecule has 0 spiro atoms. The van der Waals surface area contributed by atoms with E-state index in [0.717, 1.165) is 28.4 Å². The number of nitrogens with zero attached hydrogens (tertiary/aromatic N) is 3. The Labute approximate surface area is 152 Å². The summed E-state index contributed by atoms with van der Waals surface area (Å²) in [5.74, 6) is 1.77. The van der Waals surface area contributed by atoms with Crippen molar-refractivity contribution in [1.82, 2.24) is 14.9 Å². The highest BCUT2D eigenvalue weighted by molar-refractivity contribution is 7.20. The van der Waals surface area contributed by atoms with E-state index in [2.05, 4.69) is 33.9 Å². The molecule has 2 heterocycles. The molecule has 1 aliphatic rings. The van der Waals surface area contributed by atoms with E-state index in [0.29, 0.717) is 5.19 Å². The van der Waals surface area contributed by atoms with Crippen molar-refractivity contribution in [2.75, 3.05) is 13.1 Å². The summed E-state index contributed by atoms with van der Waals surface area (Å²) in [6.45, 7) is 5.70. The largest absolute Gasteiger partial charge is 0.431 e. The van der Waals surface area contributed by atoms with Crippen LogP contribution in [0.2, 0.25) is 0 Å².